The maximum absolute atomic E-state index is 2.44. The Balaban J connectivity index is 0.00000450. The predicted octanol–water partition coefficient (Wildman–Crippen LogP) is 7.13. The van der Waals surface area contributed by atoms with Crippen LogP contribution < -0.4 is 10.6 Å². The molecule has 2 rings (SSSR count). The summed E-state index contributed by atoms with van der Waals surface area (Å²) in [5.41, 5.74) is 6.39. The van der Waals surface area contributed by atoms with Crippen molar-refractivity contribution in [2.75, 3.05) is 0 Å². The van der Waals surface area contributed by atoms with Gasteiger partial charge in [0.2, 0.25) is 0 Å². The molecule has 0 unspecified atom stereocenters. The Morgan fingerprint density at radius 3 is 0.767 bits per heavy atom. The van der Waals surface area contributed by atoms with Crippen LogP contribution >= 0.6 is 8.58 Å². The highest BCUT2D eigenvalue weighted by Crippen LogP contribution is 2.32. The summed E-state index contributed by atoms with van der Waals surface area (Å²) >= 11 is 0. The SMILES string of the molecule is CC(C)(C)c1cc(Pc2cc(C(C)(C)C)cc(C(C)(C)C)c2)cc(C(C)(C)C)c1.[B]. The van der Waals surface area contributed by atoms with Gasteiger partial charge in [0, 0.05) is 8.41 Å². The van der Waals surface area contributed by atoms with Crippen LogP contribution in [0.4, 0.5) is 0 Å². The zero-order chi connectivity index (χ0) is 22.4. The summed E-state index contributed by atoms with van der Waals surface area (Å²) in [5, 5.41) is 2.90. The van der Waals surface area contributed by atoms with Gasteiger partial charge in [-0.05, 0) is 54.5 Å². The van der Waals surface area contributed by atoms with Gasteiger partial charge in [0.25, 0.3) is 0 Å². The monoisotopic (exact) mass is 421 g/mol. The van der Waals surface area contributed by atoms with E-state index in [0.29, 0.717) is 8.58 Å². The standard InChI is InChI=1S/C28H43P.B/c1-25(2,3)19-13-20(26(4,5)6)16-23(15-19)29-24-17-21(27(7,8)9)14-22(18-24)28(10,11)12;/h13-18,29H,1-12H3;. The highest BCUT2D eigenvalue weighted by Gasteiger charge is 2.23. The zero-order valence-corrected chi connectivity index (χ0v) is 22.5. The first-order valence-corrected chi connectivity index (χ1v) is 12.0. The Morgan fingerprint density at radius 2 is 0.600 bits per heavy atom. The van der Waals surface area contributed by atoms with E-state index in [9.17, 15) is 0 Å². The van der Waals surface area contributed by atoms with Crippen molar-refractivity contribution in [3.05, 3.63) is 58.7 Å². The molecule has 2 aromatic rings. The lowest BCUT2D eigenvalue weighted by molar-refractivity contribution is 0.569. The fourth-order valence-corrected chi connectivity index (χ4v) is 4.54. The van der Waals surface area contributed by atoms with Gasteiger partial charge in [-0.25, -0.2) is 0 Å². The average molecular weight is 421 g/mol. The van der Waals surface area contributed by atoms with E-state index in [4.69, 9.17) is 0 Å². The third-order valence-corrected chi connectivity index (χ3v) is 6.77. The van der Waals surface area contributed by atoms with Gasteiger partial charge in [0.05, 0.1) is 0 Å². The Labute approximate surface area is 191 Å². The second-order valence-electron chi connectivity index (χ2n) is 12.7. The molecule has 0 aliphatic carbocycles. The molecule has 0 aliphatic heterocycles. The van der Waals surface area contributed by atoms with Crippen LogP contribution in [0.1, 0.15) is 105 Å². The molecule has 0 nitrogen and oxygen atoms in total. The molecular weight excluding hydrogens is 378 g/mol. The lowest BCUT2D eigenvalue weighted by Gasteiger charge is -2.27. The van der Waals surface area contributed by atoms with Gasteiger partial charge in [-0.15, -0.1) is 0 Å². The van der Waals surface area contributed by atoms with Gasteiger partial charge in [0.1, 0.15) is 0 Å². The first-order chi connectivity index (χ1) is 12.9. The van der Waals surface area contributed by atoms with Crippen LogP contribution in [0, 0.1) is 0 Å². The van der Waals surface area contributed by atoms with Gasteiger partial charge >= 0.3 is 0 Å². The molecule has 0 bridgehead atoms. The molecule has 0 amide bonds. The molecule has 2 heteroatoms. The number of hydrogen-bond acceptors (Lipinski definition) is 0. The Bertz CT molecular complexity index is 727. The van der Waals surface area contributed by atoms with E-state index < -0.39 is 0 Å². The fraction of sp³-hybridized carbons (Fsp3) is 0.571. The molecule has 0 fully saturated rings. The number of hydrogen-bond donors (Lipinski definition) is 0. The van der Waals surface area contributed by atoms with E-state index in [1.807, 2.05) is 0 Å². The van der Waals surface area contributed by atoms with Crippen molar-refractivity contribution in [2.45, 2.75) is 105 Å². The summed E-state index contributed by atoms with van der Waals surface area (Å²) in [6.45, 7) is 27.8. The minimum absolute atomic E-state index is 0. The second kappa shape index (κ2) is 8.82. The molecule has 0 heterocycles. The normalized spacial score (nSPS) is 13.2. The second-order valence-corrected chi connectivity index (χ2v) is 14.1. The molecule has 0 N–H and O–H groups in total. The van der Waals surface area contributed by atoms with Crippen LogP contribution in [0.2, 0.25) is 0 Å². The predicted molar refractivity (Wildman–Crippen MR) is 141 cm³/mol. The molecule has 0 saturated heterocycles. The maximum Gasteiger partial charge on any atom is 0 e. The first kappa shape index (κ1) is 27.0. The minimum Gasteiger partial charge on any atom is -0.0591 e. The lowest BCUT2D eigenvalue weighted by atomic mass is 9.81. The van der Waals surface area contributed by atoms with Crippen LogP contribution in [0.15, 0.2) is 36.4 Å². The summed E-state index contributed by atoms with van der Waals surface area (Å²) in [6, 6.07) is 14.6. The van der Waals surface area contributed by atoms with Crippen molar-refractivity contribution in [1.29, 1.82) is 0 Å². The van der Waals surface area contributed by atoms with Crippen LogP contribution in [-0.2, 0) is 21.7 Å². The van der Waals surface area contributed by atoms with Crippen molar-refractivity contribution >= 4 is 27.6 Å². The minimum atomic E-state index is 0. The Morgan fingerprint density at radius 1 is 0.400 bits per heavy atom. The van der Waals surface area contributed by atoms with Crippen molar-refractivity contribution < 1.29 is 0 Å². The van der Waals surface area contributed by atoms with Crippen molar-refractivity contribution in [3.63, 3.8) is 0 Å². The van der Waals surface area contributed by atoms with E-state index >= 15 is 0 Å². The lowest BCUT2D eigenvalue weighted by Crippen LogP contribution is -2.22. The Hall–Kier alpha value is -1.07. The third-order valence-electron chi connectivity index (χ3n) is 5.62. The van der Waals surface area contributed by atoms with E-state index in [0.717, 1.165) is 0 Å². The summed E-state index contributed by atoms with van der Waals surface area (Å²) in [4.78, 5) is 0. The largest absolute Gasteiger partial charge is 0.0591 e. The molecule has 0 saturated carbocycles. The van der Waals surface area contributed by atoms with E-state index in [-0.39, 0.29) is 30.1 Å². The summed E-state index contributed by atoms with van der Waals surface area (Å²) < 4.78 is 0. The van der Waals surface area contributed by atoms with Crippen LogP contribution in [-0.4, -0.2) is 8.41 Å². The van der Waals surface area contributed by atoms with Crippen molar-refractivity contribution in [3.8, 4) is 0 Å². The highest BCUT2D eigenvalue weighted by molar-refractivity contribution is 7.55. The quantitative estimate of drug-likeness (QED) is 0.358. The van der Waals surface area contributed by atoms with Crippen LogP contribution in [0.3, 0.4) is 0 Å². The molecule has 0 aliphatic rings. The van der Waals surface area contributed by atoms with Gasteiger partial charge < -0.3 is 0 Å². The van der Waals surface area contributed by atoms with Crippen molar-refractivity contribution in [2.24, 2.45) is 0 Å². The van der Waals surface area contributed by atoms with E-state index in [1.54, 1.807) is 0 Å². The first-order valence-electron chi connectivity index (χ1n) is 11.0. The molecule has 0 atom stereocenters. The van der Waals surface area contributed by atoms with E-state index in [2.05, 4.69) is 119 Å². The molecule has 3 radical (unpaired) electrons. The summed E-state index contributed by atoms with van der Waals surface area (Å²) in [6.07, 6.45) is 0. The molecular formula is C28H43BP. The average Bonchev–Trinajstić information content (AvgIpc) is 2.51. The highest BCUT2D eigenvalue weighted by atomic mass is 31.1. The van der Waals surface area contributed by atoms with Gasteiger partial charge in [-0.2, -0.15) is 0 Å². The molecule has 0 spiro atoms. The van der Waals surface area contributed by atoms with Gasteiger partial charge in [0.15, 0.2) is 0 Å². The van der Waals surface area contributed by atoms with Crippen LogP contribution in [0.5, 0.6) is 0 Å². The molecule has 2 aromatic carbocycles. The fourth-order valence-electron chi connectivity index (χ4n) is 3.30. The van der Waals surface area contributed by atoms with Crippen LogP contribution in [0.25, 0.3) is 0 Å². The number of benzene rings is 2. The smallest absolute Gasteiger partial charge is 0 e. The maximum atomic E-state index is 2.44. The molecule has 163 valence electrons. The third kappa shape index (κ3) is 6.98. The number of rotatable bonds is 2. The van der Waals surface area contributed by atoms with Gasteiger partial charge in [-0.1, -0.05) is 128 Å². The summed E-state index contributed by atoms with van der Waals surface area (Å²) in [5.74, 6) is 0. The van der Waals surface area contributed by atoms with E-state index in [1.165, 1.54) is 32.9 Å². The zero-order valence-electron chi connectivity index (χ0n) is 21.5. The molecule has 0 aromatic heterocycles. The molecule has 30 heavy (non-hydrogen) atoms. The Kier molecular flexibility index (Phi) is 7.93. The van der Waals surface area contributed by atoms with Gasteiger partial charge in [-0.3, -0.25) is 0 Å². The van der Waals surface area contributed by atoms with Crippen molar-refractivity contribution in [1.82, 2.24) is 0 Å². The topological polar surface area (TPSA) is 0 Å². The summed E-state index contributed by atoms with van der Waals surface area (Å²) in [7, 11) is 0.679.